The molecule has 15 heteroatoms. The highest BCUT2D eigenvalue weighted by Gasteiger charge is 2.17. The Hall–Kier alpha value is -2.40. The number of hydrogen-bond acceptors (Lipinski definition) is 10. The highest BCUT2D eigenvalue weighted by Crippen LogP contribution is 2.23. The monoisotopic (exact) mass is 530 g/mol. The molecule has 0 bridgehead atoms. The normalized spacial score (nSPS) is 14.1. The minimum Gasteiger partial charge on any atom is -0.315 e. The topological polar surface area (TPSA) is 153 Å². The van der Waals surface area contributed by atoms with E-state index in [9.17, 15) is 21.4 Å². The molecule has 0 aliphatic heterocycles. The number of nitrogens with zero attached hydrogens (tertiary/aromatic N) is 4. The van der Waals surface area contributed by atoms with Gasteiger partial charge in [-0.05, 0) is 50.2 Å². The molecule has 4 aromatic rings. The lowest BCUT2D eigenvalue weighted by molar-refractivity contribution is -0.130. The number of benzene rings is 2. The van der Waals surface area contributed by atoms with Crippen molar-refractivity contribution in [1.82, 2.24) is 9.13 Å². The van der Waals surface area contributed by atoms with Crippen LogP contribution in [0.5, 0.6) is 0 Å². The van der Waals surface area contributed by atoms with Crippen LogP contribution < -0.4 is 9.60 Å². The molecule has 33 heavy (non-hydrogen) atoms. The van der Waals surface area contributed by atoms with Gasteiger partial charge in [-0.2, -0.15) is 16.8 Å². The number of aryl methyl sites for hydroxylation is 2. The van der Waals surface area contributed by atoms with Crippen molar-refractivity contribution >= 4 is 63.3 Å². The zero-order valence-electron chi connectivity index (χ0n) is 17.2. The predicted octanol–water partition coefficient (Wildman–Crippen LogP) is 2.60. The summed E-state index contributed by atoms with van der Waals surface area (Å²) >= 11 is 2.44. The van der Waals surface area contributed by atoms with Crippen molar-refractivity contribution in [3.05, 3.63) is 46.0 Å². The van der Waals surface area contributed by atoms with Crippen LogP contribution >= 0.6 is 22.7 Å². The van der Waals surface area contributed by atoms with Gasteiger partial charge in [-0.1, -0.05) is 22.7 Å². The molecule has 0 aliphatic rings. The molecular weight excluding hydrogens is 512 g/mol. The average molecular weight is 531 g/mol. The molecule has 4 rings (SSSR count). The third-order valence-electron chi connectivity index (χ3n) is 4.85. The molecule has 0 radical (unpaired) electrons. The number of fused-ring (bicyclic) bond motifs is 2. The fraction of sp³-hybridized carbons (Fsp3) is 0.222. The SMILES string of the molecule is CCn1c(=NN=c2sc3cc(S(=O)(=O)OO)ccc3n2CC)sc2cc(S(=O)(=O)O)ccc21. The first kappa shape index (κ1) is 23.7. The number of aromatic nitrogens is 2. The van der Waals surface area contributed by atoms with Gasteiger partial charge in [-0.3, -0.25) is 4.55 Å². The maximum atomic E-state index is 11.8. The Balaban J connectivity index is 1.91. The molecule has 176 valence electrons. The molecular formula is C18H18N4O7S4. The van der Waals surface area contributed by atoms with Crippen LogP contribution in [0.15, 0.2) is 56.4 Å². The zero-order chi connectivity index (χ0) is 24.0. The lowest BCUT2D eigenvalue weighted by Crippen LogP contribution is -2.16. The van der Waals surface area contributed by atoms with E-state index in [0.717, 1.165) is 11.0 Å². The van der Waals surface area contributed by atoms with Gasteiger partial charge in [-0.15, -0.1) is 14.5 Å². The van der Waals surface area contributed by atoms with Crippen LogP contribution in [-0.4, -0.2) is 35.8 Å². The summed E-state index contributed by atoms with van der Waals surface area (Å²) in [6, 6.07) is 8.64. The molecule has 0 saturated heterocycles. The molecule has 0 amide bonds. The second kappa shape index (κ2) is 8.75. The minimum absolute atomic E-state index is 0.187. The molecule has 0 saturated carbocycles. The van der Waals surface area contributed by atoms with Crippen molar-refractivity contribution in [2.75, 3.05) is 0 Å². The van der Waals surface area contributed by atoms with Crippen LogP contribution in [0.25, 0.3) is 20.4 Å². The smallest absolute Gasteiger partial charge is 0.315 e. The zero-order valence-corrected chi connectivity index (χ0v) is 20.5. The van der Waals surface area contributed by atoms with Crippen LogP contribution in [0.3, 0.4) is 0 Å². The third-order valence-corrected chi connectivity index (χ3v) is 8.79. The summed E-state index contributed by atoms with van der Waals surface area (Å²) in [5, 5.41) is 17.4. The predicted molar refractivity (Wildman–Crippen MR) is 123 cm³/mol. The first-order valence-corrected chi connectivity index (χ1v) is 14.0. The lowest BCUT2D eigenvalue weighted by Gasteiger charge is -2.02. The summed E-state index contributed by atoms with van der Waals surface area (Å²) in [5.41, 5.74) is 1.49. The van der Waals surface area contributed by atoms with Gasteiger partial charge in [0, 0.05) is 13.1 Å². The fourth-order valence-electron chi connectivity index (χ4n) is 3.32. The highest BCUT2D eigenvalue weighted by molar-refractivity contribution is 7.86. The number of thiazole rings is 2. The Kier molecular flexibility index (Phi) is 6.30. The van der Waals surface area contributed by atoms with Crippen molar-refractivity contribution < 1.29 is 31.0 Å². The summed E-state index contributed by atoms with van der Waals surface area (Å²) < 4.78 is 64.4. The van der Waals surface area contributed by atoms with Crippen LogP contribution in [0.2, 0.25) is 0 Å². The van der Waals surface area contributed by atoms with Crippen molar-refractivity contribution in [3.8, 4) is 0 Å². The highest BCUT2D eigenvalue weighted by atomic mass is 32.2. The summed E-state index contributed by atoms with van der Waals surface area (Å²) in [5.74, 6) is 0. The second-order valence-electron chi connectivity index (χ2n) is 6.72. The van der Waals surface area contributed by atoms with Crippen molar-refractivity contribution in [2.45, 2.75) is 36.7 Å². The van der Waals surface area contributed by atoms with Crippen LogP contribution in [0.1, 0.15) is 13.8 Å². The van der Waals surface area contributed by atoms with E-state index in [1.165, 1.54) is 46.9 Å². The molecule has 0 atom stereocenters. The van der Waals surface area contributed by atoms with E-state index in [4.69, 9.17) is 5.26 Å². The van der Waals surface area contributed by atoms with Crippen LogP contribution in [0.4, 0.5) is 0 Å². The van der Waals surface area contributed by atoms with E-state index in [-0.39, 0.29) is 9.79 Å². The largest absolute Gasteiger partial charge is 0.323 e. The van der Waals surface area contributed by atoms with E-state index < -0.39 is 20.2 Å². The molecule has 0 unspecified atom stereocenters. The second-order valence-corrected chi connectivity index (χ2v) is 11.7. The van der Waals surface area contributed by atoms with Crippen molar-refractivity contribution in [1.29, 1.82) is 0 Å². The van der Waals surface area contributed by atoms with E-state index >= 15 is 0 Å². The summed E-state index contributed by atoms with van der Waals surface area (Å²) in [7, 11) is -8.58. The van der Waals surface area contributed by atoms with Gasteiger partial charge in [0.25, 0.3) is 10.1 Å². The van der Waals surface area contributed by atoms with E-state index in [2.05, 4.69) is 14.5 Å². The fourth-order valence-corrected chi connectivity index (χ4v) is 6.72. The summed E-state index contributed by atoms with van der Waals surface area (Å²) in [6.07, 6.45) is 0. The Labute approximate surface area is 196 Å². The molecule has 2 N–H and O–H groups in total. The number of rotatable bonds is 6. The van der Waals surface area contributed by atoms with Gasteiger partial charge < -0.3 is 9.13 Å². The van der Waals surface area contributed by atoms with Crippen molar-refractivity contribution in [3.63, 3.8) is 0 Å². The molecule has 0 spiro atoms. The number of hydrogen-bond donors (Lipinski definition) is 2. The molecule has 0 aliphatic carbocycles. The maximum Gasteiger partial charge on any atom is 0.323 e. The molecule has 2 heterocycles. The quantitative estimate of drug-likeness (QED) is 0.221. The Morgan fingerprint density at radius 3 is 1.73 bits per heavy atom. The van der Waals surface area contributed by atoms with Gasteiger partial charge in [0.15, 0.2) is 0 Å². The Bertz CT molecular complexity index is 1720. The molecule has 2 aromatic heterocycles. The minimum atomic E-state index is -4.33. The van der Waals surface area contributed by atoms with Crippen LogP contribution in [0, 0.1) is 0 Å². The third kappa shape index (κ3) is 4.40. The molecule has 2 aromatic carbocycles. The van der Waals surface area contributed by atoms with E-state index in [1.807, 2.05) is 23.0 Å². The van der Waals surface area contributed by atoms with Gasteiger partial charge in [-0.25, -0.2) is 5.26 Å². The van der Waals surface area contributed by atoms with Gasteiger partial charge in [0.1, 0.15) is 0 Å². The Morgan fingerprint density at radius 1 is 0.848 bits per heavy atom. The molecule has 0 fully saturated rings. The van der Waals surface area contributed by atoms with E-state index in [1.54, 1.807) is 12.1 Å². The summed E-state index contributed by atoms with van der Waals surface area (Å²) in [4.78, 5) is 0.658. The average Bonchev–Trinajstić information content (AvgIpc) is 3.32. The van der Waals surface area contributed by atoms with Crippen molar-refractivity contribution in [2.24, 2.45) is 10.2 Å². The van der Waals surface area contributed by atoms with Gasteiger partial charge >= 0.3 is 10.1 Å². The summed E-state index contributed by atoms with van der Waals surface area (Å²) in [6.45, 7) is 4.94. The molecule has 11 nitrogen and oxygen atoms in total. The Morgan fingerprint density at radius 2 is 1.30 bits per heavy atom. The van der Waals surface area contributed by atoms with Crippen LogP contribution in [-0.2, 0) is 37.7 Å². The standard InChI is InChI=1S/C18H18N4O7S4/c1-3-21-13-7-5-11(32(24,25)26)9-15(13)30-17(21)19-20-18-22(4-2)14-8-6-12(10-16(14)31-18)33(27,28)29-23/h5-10,23H,3-4H2,1-2H3,(H,24,25,26). The first-order valence-electron chi connectivity index (χ1n) is 9.49. The van der Waals surface area contributed by atoms with Gasteiger partial charge in [0.2, 0.25) is 9.60 Å². The van der Waals surface area contributed by atoms with E-state index in [0.29, 0.717) is 32.1 Å². The first-order chi connectivity index (χ1) is 15.6. The van der Waals surface area contributed by atoms with Gasteiger partial charge in [0.05, 0.1) is 30.2 Å². The lowest BCUT2D eigenvalue weighted by atomic mass is 10.3. The maximum absolute atomic E-state index is 11.8.